The van der Waals surface area contributed by atoms with Crippen LogP contribution in [0.1, 0.15) is 53.4 Å². The lowest BCUT2D eigenvalue weighted by Crippen LogP contribution is -2.65. The molecular weight excluding hydrogens is 266 g/mol. The van der Waals surface area contributed by atoms with Crippen LogP contribution in [-0.4, -0.2) is 53.7 Å². The zero-order valence-corrected chi connectivity index (χ0v) is 13.9. The molecular formula is C16H31N3O2. The Hall–Kier alpha value is -0.650. The van der Waals surface area contributed by atoms with Gasteiger partial charge in [-0.2, -0.15) is 0 Å². The zero-order valence-electron chi connectivity index (χ0n) is 13.9. The van der Waals surface area contributed by atoms with Crippen LogP contribution in [0.4, 0.5) is 0 Å². The van der Waals surface area contributed by atoms with Crippen molar-refractivity contribution in [2.45, 2.75) is 76.5 Å². The van der Waals surface area contributed by atoms with E-state index in [9.17, 15) is 4.79 Å². The average Bonchev–Trinajstić information content (AvgIpc) is 2.37. The van der Waals surface area contributed by atoms with Gasteiger partial charge in [0.05, 0.1) is 18.8 Å². The Morgan fingerprint density at radius 1 is 1.43 bits per heavy atom. The fourth-order valence-corrected chi connectivity index (χ4v) is 4.04. The van der Waals surface area contributed by atoms with Crippen LogP contribution in [0.3, 0.4) is 0 Å². The smallest absolute Gasteiger partial charge is 0.237 e. The lowest BCUT2D eigenvalue weighted by Gasteiger charge is -2.51. The first-order valence-electron chi connectivity index (χ1n) is 8.19. The first-order valence-corrected chi connectivity index (χ1v) is 8.19. The predicted molar refractivity (Wildman–Crippen MR) is 84.1 cm³/mol. The first kappa shape index (κ1) is 16.7. The molecule has 1 saturated heterocycles. The van der Waals surface area contributed by atoms with Crippen molar-refractivity contribution in [3.05, 3.63) is 0 Å². The van der Waals surface area contributed by atoms with E-state index in [1.807, 2.05) is 0 Å². The molecule has 1 saturated carbocycles. The molecule has 1 aliphatic carbocycles. The molecule has 1 heterocycles. The minimum absolute atomic E-state index is 0.0292. The fourth-order valence-electron chi connectivity index (χ4n) is 4.04. The summed E-state index contributed by atoms with van der Waals surface area (Å²) in [6.07, 6.45) is 3.84. The SMILES string of the molecule is CC(C)NC1(C(N)=O)CCCC(N2CCOCC2(C)C)C1. The monoisotopic (exact) mass is 297 g/mol. The van der Waals surface area contributed by atoms with Crippen LogP contribution in [0.15, 0.2) is 0 Å². The first-order chi connectivity index (χ1) is 9.77. The summed E-state index contributed by atoms with van der Waals surface area (Å²) >= 11 is 0. The minimum atomic E-state index is -0.550. The molecule has 0 aromatic carbocycles. The van der Waals surface area contributed by atoms with Gasteiger partial charge in [-0.05, 0) is 53.4 Å². The maximum Gasteiger partial charge on any atom is 0.237 e. The van der Waals surface area contributed by atoms with Crippen molar-refractivity contribution >= 4 is 5.91 Å². The summed E-state index contributed by atoms with van der Waals surface area (Å²) in [5.41, 5.74) is 5.24. The van der Waals surface area contributed by atoms with Crippen LogP contribution in [0, 0.1) is 0 Å². The number of carbonyl (C=O) groups is 1. The Morgan fingerprint density at radius 2 is 2.14 bits per heavy atom. The highest BCUT2D eigenvalue weighted by atomic mass is 16.5. The number of nitrogens with one attached hydrogen (secondary N) is 1. The van der Waals surface area contributed by atoms with E-state index in [1.54, 1.807) is 0 Å². The number of ether oxygens (including phenoxy) is 1. The number of nitrogens with zero attached hydrogens (tertiary/aromatic N) is 1. The number of morpholine rings is 1. The lowest BCUT2D eigenvalue weighted by molar-refractivity contribution is -0.130. The summed E-state index contributed by atoms with van der Waals surface area (Å²) in [7, 11) is 0. The van der Waals surface area contributed by atoms with E-state index < -0.39 is 5.54 Å². The largest absolute Gasteiger partial charge is 0.378 e. The van der Waals surface area contributed by atoms with Gasteiger partial charge in [0.2, 0.25) is 5.91 Å². The van der Waals surface area contributed by atoms with Gasteiger partial charge >= 0.3 is 0 Å². The molecule has 0 aromatic heterocycles. The highest BCUT2D eigenvalue weighted by Crippen LogP contribution is 2.35. The number of hydrogen-bond acceptors (Lipinski definition) is 4. The van der Waals surface area contributed by atoms with Gasteiger partial charge < -0.3 is 15.8 Å². The highest BCUT2D eigenvalue weighted by molar-refractivity contribution is 5.85. The van der Waals surface area contributed by atoms with Crippen LogP contribution in [0.2, 0.25) is 0 Å². The van der Waals surface area contributed by atoms with Gasteiger partial charge in [-0.25, -0.2) is 0 Å². The van der Waals surface area contributed by atoms with Gasteiger partial charge in [-0.15, -0.1) is 0 Å². The predicted octanol–water partition coefficient (Wildman–Crippen LogP) is 1.26. The second-order valence-corrected chi connectivity index (χ2v) is 7.55. The number of nitrogens with two attached hydrogens (primary N) is 1. The average molecular weight is 297 g/mol. The Morgan fingerprint density at radius 3 is 2.71 bits per heavy atom. The summed E-state index contributed by atoms with van der Waals surface area (Å²) in [5, 5.41) is 3.46. The second kappa shape index (κ2) is 6.23. The number of amides is 1. The zero-order chi connectivity index (χ0) is 15.7. The van der Waals surface area contributed by atoms with Crippen LogP contribution in [-0.2, 0) is 9.53 Å². The van der Waals surface area contributed by atoms with Gasteiger partial charge in [-0.1, -0.05) is 0 Å². The standard InChI is InChI=1S/C16H31N3O2/c1-12(2)18-16(14(17)20)7-5-6-13(10-16)19-8-9-21-11-15(19,3)4/h12-13,18H,5-11H2,1-4H3,(H2,17,20). The molecule has 1 aliphatic heterocycles. The molecule has 2 rings (SSSR count). The minimum Gasteiger partial charge on any atom is -0.378 e. The Balaban J connectivity index is 2.16. The van der Waals surface area contributed by atoms with Crippen molar-refractivity contribution in [1.29, 1.82) is 0 Å². The molecule has 0 spiro atoms. The maximum atomic E-state index is 12.1. The molecule has 122 valence electrons. The van der Waals surface area contributed by atoms with E-state index in [4.69, 9.17) is 10.5 Å². The summed E-state index contributed by atoms with van der Waals surface area (Å²) in [6, 6.07) is 0.658. The summed E-state index contributed by atoms with van der Waals surface area (Å²) < 4.78 is 5.62. The molecule has 2 fully saturated rings. The maximum absolute atomic E-state index is 12.1. The molecule has 0 bridgehead atoms. The van der Waals surface area contributed by atoms with Crippen molar-refractivity contribution in [2.75, 3.05) is 19.8 Å². The van der Waals surface area contributed by atoms with E-state index in [1.165, 1.54) is 0 Å². The number of rotatable bonds is 4. The van der Waals surface area contributed by atoms with Gasteiger partial charge in [0.25, 0.3) is 0 Å². The second-order valence-electron chi connectivity index (χ2n) is 7.55. The van der Waals surface area contributed by atoms with E-state index in [0.29, 0.717) is 6.04 Å². The van der Waals surface area contributed by atoms with Crippen LogP contribution < -0.4 is 11.1 Å². The third kappa shape index (κ3) is 3.58. The van der Waals surface area contributed by atoms with E-state index in [0.717, 1.165) is 45.4 Å². The summed E-state index contributed by atoms with van der Waals surface area (Å²) in [6.45, 7) is 11.1. The van der Waals surface area contributed by atoms with Crippen molar-refractivity contribution < 1.29 is 9.53 Å². The third-order valence-corrected chi connectivity index (χ3v) is 4.91. The topological polar surface area (TPSA) is 67.6 Å². The van der Waals surface area contributed by atoms with Crippen molar-refractivity contribution in [1.82, 2.24) is 10.2 Å². The van der Waals surface area contributed by atoms with E-state index >= 15 is 0 Å². The summed E-state index contributed by atoms with van der Waals surface area (Å²) in [5.74, 6) is -0.202. The molecule has 5 nitrogen and oxygen atoms in total. The molecule has 21 heavy (non-hydrogen) atoms. The molecule has 2 unspecified atom stereocenters. The molecule has 0 aromatic rings. The number of carbonyl (C=O) groups excluding carboxylic acids is 1. The van der Waals surface area contributed by atoms with E-state index in [-0.39, 0.29) is 17.5 Å². The molecule has 1 amide bonds. The Bertz CT molecular complexity index is 384. The van der Waals surface area contributed by atoms with Crippen LogP contribution >= 0.6 is 0 Å². The number of primary amides is 1. The molecule has 0 radical (unpaired) electrons. The Kier molecular flexibility index (Phi) is 4.96. The normalized spacial score (nSPS) is 34.0. The van der Waals surface area contributed by atoms with Crippen LogP contribution in [0.25, 0.3) is 0 Å². The van der Waals surface area contributed by atoms with Crippen molar-refractivity contribution in [3.8, 4) is 0 Å². The Labute approximate surface area is 128 Å². The summed E-state index contributed by atoms with van der Waals surface area (Å²) in [4.78, 5) is 14.6. The quantitative estimate of drug-likeness (QED) is 0.820. The van der Waals surface area contributed by atoms with Gasteiger partial charge in [-0.3, -0.25) is 9.69 Å². The highest BCUT2D eigenvalue weighted by Gasteiger charge is 2.46. The van der Waals surface area contributed by atoms with Gasteiger partial charge in [0, 0.05) is 24.2 Å². The molecule has 2 aliphatic rings. The van der Waals surface area contributed by atoms with Gasteiger partial charge in [0.15, 0.2) is 0 Å². The van der Waals surface area contributed by atoms with Crippen molar-refractivity contribution in [3.63, 3.8) is 0 Å². The number of hydrogen-bond donors (Lipinski definition) is 2. The molecule has 5 heteroatoms. The lowest BCUT2D eigenvalue weighted by atomic mass is 9.76. The van der Waals surface area contributed by atoms with Gasteiger partial charge in [0.1, 0.15) is 0 Å². The fraction of sp³-hybridized carbons (Fsp3) is 0.938. The molecule has 3 N–H and O–H groups in total. The molecule has 2 atom stereocenters. The van der Waals surface area contributed by atoms with Crippen molar-refractivity contribution in [2.24, 2.45) is 5.73 Å². The van der Waals surface area contributed by atoms with Crippen LogP contribution in [0.5, 0.6) is 0 Å². The van der Waals surface area contributed by atoms with E-state index in [2.05, 4.69) is 37.9 Å². The third-order valence-electron chi connectivity index (χ3n) is 4.91.